The fourth-order valence-corrected chi connectivity index (χ4v) is 2.99. The van der Waals surface area contributed by atoms with Gasteiger partial charge in [-0.15, -0.1) is 0 Å². The first kappa shape index (κ1) is 16.4. The van der Waals surface area contributed by atoms with Gasteiger partial charge < -0.3 is 10.4 Å². The van der Waals surface area contributed by atoms with Crippen molar-refractivity contribution in [2.75, 3.05) is 5.32 Å². The van der Waals surface area contributed by atoms with Crippen molar-refractivity contribution in [1.82, 2.24) is 9.55 Å². The fraction of sp³-hybridized carbons (Fsp3) is 0.235. The van der Waals surface area contributed by atoms with Crippen LogP contribution in [0.5, 0.6) is 0 Å². The third kappa shape index (κ3) is 3.12. The highest BCUT2D eigenvalue weighted by Crippen LogP contribution is 2.29. The molecule has 0 saturated heterocycles. The second-order valence-electron chi connectivity index (χ2n) is 5.68. The molecule has 0 spiro atoms. The van der Waals surface area contributed by atoms with Crippen molar-refractivity contribution in [2.45, 2.75) is 25.8 Å². The molecule has 0 radical (unpaired) electrons. The Hall–Kier alpha value is -2.41. The lowest BCUT2D eigenvalue weighted by atomic mass is 10.0. The molecule has 0 fully saturated rings. The van der Waals surface area contributed by atoms with Crippen LogP contribution in [0.1, 0.15) is 42.0 Å². The molecule has 1 unspecified atom stereocenters. The lowest BCUT2D eigenvalue weighted by molar-refractivity contribution is 0.0693. The van der Waals surface area contributed by atoms with E-state index in [0.29, 0.717) is 5.82 Å². The van der Waals surface area contributed by atoms with Crippen LogP contribution in [0.4, 0.5) is 5.69 Å². The van der Waals surface area contributed by atoms with Crippen LogP contribution in [0.25, 0.3) is 5.57 Å². The number of carboxylic acids is 1. The number of nitrogens with zero attached hydrogens (tertiary/aromatic N) is 2. The maximum atomic E-state index is 12.4. The van der Waals surface area contributed by atoms with Crippen LogP contribution in [0.3, 0.4) is 0 Å². The molecule has 2 aromatic rings. The highest BCUT2D eigenvalue weighted by molar-refractivity contribution is 9.10. The summed E-state index contributed by atoms with van der Waals surface area (Å²) in [6, 6.07) is 7.64. The number of hydrogen-bond acceptors (Lipinski definition) is 4. The summed E-state index contributed by atoms with van der Waals surface area (Å²) in [6.45, 7) is 1.90. The van der Waals surface area contributed by atoms with Crippen molar-refractivity contribution in [1.29, 1.82) is 0 Å². The molecule has 0 bridgehead atoms. The molecule has 1 aliphatic rings. The average Bonchev–Trinajstić information content (AvgIpc) is 2.55. The molecular formula is C17H16BrN3O3. The standard InChI is InChI=1S/C17H16BrN3O3/c1-10-2-3-11(8-19-13-6-4-12(18)5-7-13)15-20-9-14(17(23)24)16(22)21(10)15/h4-10,19H,2-3H2,1H3,(H,23,24)/b11-8+. The largest absolute Gasteiger partial charge is 0.477 e. The Morgan fingerprint density at radius 2 is 2.12 bits per heavy atom. The lowest BCUT2D eigenvalue weighted by Crippen LogP contribution is -2.34. The van der Waals surface area contributed by atoms with Crippen molar-refractivity contribution < 1.29 is 9.90 Å². The van der Waals surface area contributed by atoms with E-state index in [4.69, 9.17) is 5.11 Å². The second kappa shape index (κ2) is 6.60. The summed E-state index contributed by atoms with van der Waals surface area (Å²) in [4.78, 5) is 27.8. The third-order valence-corrected chi connectivity index (χ3v) is 4.57. The van der Waals surface area contributed by atoms with Crippen molar-refractivity contribution in [2.24, 2.45) is 0 Å². The molecule has 2 heterocycles. The van der Waals surface area contributed by atoms with Crippen LogP contribution in [0.15, 0.2) is 45.9 Å². The van der Waals surface area contributed by atoms with Gasteiger partial charge in [0.2, 0.25) is 0 Å². The molecule has 1 aromatic carbocycles. The van der Waals surface area contributed by atoms with E-state index in [1.54, 1.807) is 0 Å². The first-order valence-corrected chi connectivity index (χ1v) is 8.33. The smallest absolute Gasteiger partial charge is 0.342 e. The van der Waals surface area contributed by atoms with Gasteiger partial charge in [-0.2, -0.15) is 0 Å². The van der Waals surface area contributed by atoms with Crippen molar-refractivity contribution >= 4 is 33.2 Å². The van der Waals surface area contributed by atoms with Gasteiger partial charge in [-0.3, -0.25) is 9.36 Å². The molecule has 3 rings (SSSR count). The van der Waals surface area contributed by atoms with E-state index in [-0.39, 0.29) is 11.6 Å². The predicted octanol–water partition coefficient (Wildman–Crippen LogP) is 3.51. The molecule has 0 saturated carbocycles. The van der Waals surface area contributed by atoms with E-state index in [1.807, 2.05) is 37.4 Å². The van der Waals surface area contributed by atoms with Crippen LogP contribution >= 0.6 is 15.9 Å². The highest BCUT2D eigenvalue weighted by Gasteiger charge is 2.25. The summed E-state index contributed by atoms with van der Waals surface area (Å²) in [5.41, 5.74) is 0.993. The number of halogens is 1. The molecule has 124 valence electrons. The van der Waals surface area contributed by atoms with Gasteiger partial charge in [0.25, 0.3) is 5.56 Å². The number of anilines is 1. The maximum Gasteiger partial charge on any atom is 0.342 e. The van der Waals surface area contributed by atoms with Gasteiger partial charge in [-0.1, -0.05) is 15.9 Å². The Bertz CT molecular complexity index is 872. The predicted molar refractivity (Wildman–Crippen MR) is 95.1 cm³/mol. The second-order valence-corrected chi connectivity index (χ2v) is 6.60. The summed E-state index contributed by atoms with van der Waals surface area (Å²) >= 11 is 3.39. The van der Waals surface area contributed by atoms with Gasteiger partial charge in [0.15, 0.2) is 0 Å². The monoisotopic (exact) mass is 389 g/mol. The molecule has 1 aromatic heterocycles. The number of benzene rings is 1. The van der Waals surface area contributed by atoms with Gasteiger partial charge in [0.05, 0.1) is 0 Å². The summed E-state index contributed by atoms with van der Waals surface area (Å²) in [5.74, 6) is -0.729. The zero-order valence-corrected chi connectivity index (χ0v) is 14.6. The normalized spacial score (nSPS) is 18.2. The van der Waals surface area contributed by atoms with E-state index in [9.17, 15) is 9.59 Å². The Morgan fingerprint density at radius 3 is 2.79 bits per heavy atom. The summed E-state index contributed by atoms with van der Waals surface area (Å²) in [5, 5.41) is 12.3. The van der Waals surface area contributed by atoms with Gasteiger partial charge in [0, 0.05) is 34.2 Å². The van der Waals surface area contributed by atoms with Gasteiger partial charge in [-0.05, 0) is 44.0 Å². The number of hydrogen-bond donors (Lipinski definition) is 2. The minimum absolute atomic E-state index is 0.0795. The van der Waals surface area contributed by atoms with Crippen molar-refractivity contribution in [3.05, 3.63) is 62.9 Å². The minimum Gasteiger partial charge on any atom is -0.477 e. The highest BCUT2D eigenvalue weighted by atomic mass is 79.9. The number of carbonyl (C=O) groups is 1. The molecule has 1 aliphatic heterocycles. The molecule has 0 aliphatic carbocycles. The zero-order chi connectivity index (χ0) is 17.3. The Balaban J connectivity index is 1.98. The van der Waals surface area contributed by atoms with Gasteiger partial charge in [0.1, 0.15) is 11.4 Å². The zero-order valence-electron chi connectivity index (χ0n) is 13.0. The summed E-state index contributed by atoms with van der Waals surface area (Å²) in [7, 11) is 0. The van der Waals surface area contributed by atoms with E-state index in [0.717, 1.165) is 34.8 Å². The summed E-state index contributed by atoms with van der Waals surface area (Å²) in [6.07, 6.45) is 4.49. The van der Waals surface area contributed by atoms with Gasteiger partial charge in [-0.25, -0.2) is 9.78 Å². The number of allylic oxidation sites excluding steroid dienone is 1. The molecule has 7 heteroatoms. The van der Waals surface area contributed by atoms with E-state index in [1.165, 1.54) is 4.57 Å². The number of aromatic nitrogens is 2. The number of nitrogens with one attached hydrogen (secondary N) is 1. The van der Waals surface area contributed by atoms with Gasteiger partial charge >= 0.3 is 5.97 Å². The molecule has 24 heavy (non-hydrogen) atoms. The topological polar surface area (TPSA) is 84.2 Å². The van der Waals surface area contributed by atoms with Crippen LogP contribution < -0.4 is 10.9 Å². The van der Waals surface area contributed by atoms with Crippen LogP contribution in [-0.4, -0.2) is 20.6 Å². The maximum absolute atomic E-state index is 12.4. The number of rotatable bonds is 3. The molecule has 2 N–H and O–H groups in total. The van der Waals surface area contributed by atoms with Crippen LogP contribution in [0.2, 0.25) is 0 Å². The first-order valence-electron chi connectivity index (χ1n) is 7.53. The van der Waals surface area contributed by atoms with Crippen LogP contribution in [-0.2, 0) is 0 Å². The minimum atomic E-state index is -1.25. The number of carboxylic acid groups (broad SMARTS) is 1. The summed E-state index contributed by atoms with van der Waals surface area (Å²) < 4.78 is 2.47. The fourth-order valence-electron chi connectivity index (χ4n) is 2.72. The Labute approximate surface area is 147 Å². The SMILES string of the molecule is CC1CC/C(=C\Nc2ccc(Br)cc2)c2ncc(C(=O)O)c(=O)n21. The quantitative estimate of drug-likeness (QED) is 0.838. The molecule has 1 atom stereocenters. The van der Waals surface area contributed by atoms with Crippen molar-refractivity contribution in [3.8, 4) is 0 Å². The van der Waals surface area contributed by atoms with E-state index < -0.39 is 11.5 Å². The number of fused-ring (bicyclic) bond motifs is 1. The average molecular weight is 390 g/mol. The Kier molecular flexibility index (Phi) is 4.53. The lowest BCUT2D eigenvalue weighted by Gasteiger charge is -2.26. The van der Waals surface area contributed by atoms with E-state index >= 15 is 0 Å². The first-order chi connectivity index (χ1) is 11.5. The molecule has 6 nitrogen and oxygen atoms in total. The van der Waals surface area contributed by atoms with Crippen LogP contribution in [0, 0.1) is 0 Å². The molecule has 0 amide bonds. The van der Waals surface area contributed by atoms with E-state index in [2.05, 4.69) is 26.2 Å². The number of aromatic carboxylic acids is 1. The van der Waals surface area contributed by atoms with Crippen molar-refractivity contribution in [3.63, 3.8) is 0 Å². The molecular weight excluding hydrogens is 374 g/mol. The Morgan fingerprint density at radius 1 is 1.42 bits per heavy atom. The third-order valence-electron chi connectivity index (χ3n) is 4.04.